The summed E-state index contributed by atoms with van der Waals surface area (Å²) in [6.45, 7) is 23.4. The van der Waals surface area contributed by atoms with E-state index >= 15 is 0 Å². The third kappa shape index (κ3) is 15.9. The fourth-order valence-electron chi connectivity index (χ4n) is 18.3. The number of likely N-dealkylation sites (tertiary alicyclic amines) is 1. The van der Waals surface area contributed by atoms with Crippen molar-refractivity contribution in [2.75, 3.05) is 153 Å². The van der Waals surface area contributed by atoms with Crippen LogP contribution in [-0.4, -0.2) is 255 Å². The number of halogens is 3. The van der Waals surface area contributed by atoms with Gasteiger partial charge in [-0.15, -0.1) is 0 Å². The van der Waals surface area contributed by atoms with Crippen LogP contribution in [0.5, 0.6) is 0 Å². The molecular weight excluding hydrogens is 1540 g/mol. The average molecular weight is 1640 g/mol. The topological polar surface area (TPSA) is 219 Å². The molecule has 1 atom stereocenters. The number of aryl methyl sites for hydroxylation is 4. The van der Waals surface area contributed by atoms with Crippen molar-refractivity contribution < 1.29 is 17.9 Å². The van der Waals surface area contributed by atoms with Crippen LogP contribution >= 0.6 is 0 Å². The summed E-state index contributed by atoms with van der Waals surface area (Å²) in [5, 5.41) is 25.5. The minimum absolute atomic E-state index is 0.240. The molecule has 0 amide bonds. The van der Waals surface area contributed by atoms with Crippen LogP contribution in [0, 0.1) is 45.1 Å². The Labute approximate surface area is 705 Å². The van der Waals surface area contributed by atoms with Gasteiger partial charge in [-0.1, -0.05) is 18.2 Å². The lowest BCUT2D eigenvalue weighted by Crippen LogP contribution is -2.61. The Hall–Kier alpha value is -12.3. The van der Waals surface area contributed by atoms with Crippen molar-refractivity contribution in [1.29, 1.82) is 0 Å². The van der Waals surface area contributed by atoms with E-state index in [-0.39, 0.29) is 17.5 Å². The number of hydrogen-bond acceptors (Lipinski definition) is 22. The molecule has 29 heteroatoms. The number of piperidine rings is 2. The van der Waals surface area contributed by atoms with Gasteiger partial charge < -0.3 is 39.5 Å². The number of anilines is 4. The zero-order chi connectivity index (χ0) is 83.4. The second-order valence-corrected chi connectivity index (χ2v) is 33.5. The summed E-state index contributed by atoms with van der Waals surface area (Å²) in [7, 11) is 8.73. The lowest BCUT2D eigenvalue weighted by molar-refractivity contribution is 0.122. The molecular formula is C93H100F3N25O. The molecule has 624 valence electrons. The van der Waals surface area contributed by atoms with Crippen LogP contribution in [0.2, 0.25) is 0 Å². The summed E-state index contributed by atoms with van der Waals surface area (Å²) in [4.78, 5) is 56.1. The van der Waals surface area contributed by atoms with E-state index < -0.39 is 0 Å². The van der Waals surface area contributed by atoms with Crippen molar-refractivity contribution in [2.45, 2.75) is 84.0 Å². The highest BCUT2D eigenvalue weighted by Gasteiger charge is 2.34. The number of fused-ring (bicyclic) bond motifs is 8. The highest BCUT2D eigenvalue weighted by molar-refractivity contribution is 6.01. The number of piperazine rings is 1. The molecule has 26 nitrogen and oxygen atoms in total. The van der Waals surface area contributed by atoms with Crippen LogP contribution < -0.4 is 24.9 Å². The molecule has 0 radical (unpaired) electrons. The Kier molecular flexibility index (Phi) is 22.2. The first-order chi connectivity index (χ1) is 59.4. The van der Waals surface area contributed by atoms with Gasteiger partial charge in [0, 0.05) is 202 Å². The van der Waals surface area contributed by atoms with E-state index in [9.17, 15) is 13.2 Å². The summed E-state index contributed by atoms with van der Waals surface area (Å²) < 4.78 is 54.8. The fraction of sp³-hybridized carbons (Fsp3) is 0.355. The first-order valence-electron chi connectivity index (χ1n) is 42.4. The van der Waals surface area contributed by atoms with Gasteiger partial charge in [0.15, 0.2) is 22.6 Å². The van der Waals surface area contributed by atoms with Crippen LogP contribution in [0.1, 0.15) is 54.5 Å². The molecule has 0 aliphatic carbocycles. The third-order valence-corrected chi connectivity index (χ3v) is 25.6. The Morgan fingerprint density at radius 3 is 1.16 bits per heavy atom. The van der Waals surface area contributed by atoms with Gasteiger partial charge in [0.05, 0.1) is 132 Å². The van der Waals surface area contributed by atoms with E-state index in [1.54, 1.807) is 50.1 Å². The molecule has 1 unspecified atom stereocenters. The van der Waals surface area contributed by atoms with E-state index in [0.29, 0.717) is 57.4 Å². The minimum Gasteiger partial charge on any atom is -0.378 e. The SMILES string of the molecule is Cc1cc(-c2cnn3cc(N4CCC(N(C)C)CC4)cnc23)c2ccccc2n1.Cc1cc2c(-c3cnn4cc(N5CCC(N6CCC(N(C)C)C6)CC5)cnc34)ccnc2cc1F.Cc1cc2c(-c3cnn4cc(N5CCN(C6CNC6)CC5)cnc34)ccnc2cc1F.Cc1cc2c(-c3cnn4cc(N5CCOCC5)cnc34)ccnc2cc1F. The van der Waals surface area contributed by atoms with Crippen LogP contribution in [0.4, 0.5) is 35.9 Å². The second-order valence-electron chi connectivity index (χ2n) is 33.5. The van der Waals surface area contributed by atoms with Crippen LogP contribution in [0.3, 0.4) is 0 Å². The van der Waals surface area contributed by atoms with Gasteiger partial charge in [-0.05, 0) is 175 Å². The molecule has 0 bridgehead atoms. The van der Waals surface area contributed by atoms with Gasteiger partial charge in [-0.2, -0.15) is 20.4 Å². The fourth-order valence-corrected chi connectivity index (χ4v) is 18.3. The van der Waals surface area contributed by atoms with Gasteiger partial charge in [0.1, 0.15) is 17.5 Å². The molecule has 22 rings (SSSR count). The zero-order valence-corrected chi connectivity index (χ0v) is 70.2. The largest absolute Gasteiger partial charge is 0.378 e. The summed E-state index contributed by atoms with van der Waals surface area (Å²) in [6, 6.07) is 28.9. The van der Waals surface area contributed by atoms with E-state index in [4.69, 9.17) is 19.7 Å². The predicted octanol–water partition coefficient (Wildman–Crippen LogP) is 13.5. The molecule has 6 aliphatic heterocycles. The lowest BCUT2D eigenvalue weighted by atomic mass is 10.0. The van der Waals surface area contributed by atoms with Crippen LogP contribution in [-0.2, 0) is 4.74 Å². The molecule has 12 aromatic heterocycles. The number of likely N-dealkylation sites (N-methyl/N-ethyl adjacent to an activating group) is 1. The van der Waals surface area contributed by atoms with Gasteiger partial charge in [-0.25, -0.2) is 51.2 Å². The molecule has 6 saturated heterocycles. The standard InChI is InChI=1S/C27H32FN7.C23H24FN7.C23H26N6.C20H18FN5O/c1-18-12-23-22(4-8-29-26(23)13-25(18)28)24-15-31-35-17-21(14-30-27(24)35)33-9-5-19(6-10-33)34-11-7-20(16-34)32(2)3;1-15-8-19-18(2-3-26-22(19)9-21(15)24)20-13-28-31-14-17(12-27-23(20)31)30-6-4-29(5-7-30)16-10-25-11-16;1-16-12-20(19-6-4-5-7-22(19)26-16)21-14-25-29-15-18(13-24-23(21)29)28-10-8-17(9-11-28)27(2)3;1-13-8-16-15(2-3-22-19(16)9-18(13)21)17-11-24-26-12-14(10-23-20(17)26)25-4-6-27-7-5-25/h4,8,12-15,17,19-20H,5-7,9-11,16H2,1-3H3;2-3,8-9,12-14,16,25H,4-7,10-11H2,1H3;4-7,12-15,17H,8-11H2,1-3H3;2-3,8-12H,4-7H2,1H3. The minimum atomic E-state index is -0.250. The van der Waals surface area contributed by atoms with Gasteiger partial charge in [-0.3, -0.25) is 29.7 Å². The van der Waals surface area contributed by atoms with E-state index in [1.807, 2.05) is 113 Å². The molecule has 16 aromatic rings. The third-order valence-electron chi connectivity index (χ3n) is 25.6. The van der Waals surface area contributed by atoms with Crippen LogP contribution in [0.25, 0.3) is 111 Å². The van der Waals surface area contributed by atoms with E-state index in [0.717, 1.165) is 214 Å². The van der Waals surface area contributed by atoms with Crippen LogP contribution in [0.15, 0.2) is 178 Å². The molecule has 0 spiro atoms. The number of aromatic nitrogens is 16. The number of nitrogens with one attached hydrogen (secondary N) is 1. The molecule has 122 heavy (non-hydrogen) atoms. The van der Waals surface area contributed by atoms with E-state index in [1.165, 1.54) is 63.4 Å². The number of ether oxygens (including phenoxy) is 1. The van der Waals surface area contributed by atoms with Gasteiger partial charge in [0.2, 0.25) is 0 Å². The van der Waals surface area contributed by atoms with Crippen molar-refractivity contribution in [3.63, 3.8) is 0 Å². The Balaban J connectivity index is 0.000000108. The van der Waals surface area contributed by atoms with Gasteiger partial charge >= 0.3 is 0 Å². The maximum Gasteiger partial charge on any atom is 0.162 e. The molecule has 1 N–H and O–H groups in total. The maximum atomic E-state index is 14.1. The molecule has 0 saturated carbocycles. The highest BCUT2D eigenvalue weighted by Crippen LogP contribution is 2.39. The number of pyridine rings is 4. The number of nitrogens with zero attached hydrogens (tertiary/aromatic N) is 24. The van der Waals surface area contributed by atoms with E-state index in [2.05, 4.69) is 161 Å². The normalized spacial score (nSPS) is 17.4. The monoisotopic (exact) mass is 1640 g/mol. The highest BCUT2D eigenvalue weighted by atomic mass is 19.1. The molecule has 4 aromatic carbocycles. The summed E-state index contributed by atoms with van der Waals surface area (Å²) >= 11 is 0. The number of morpholine rings is 1. The Bertz CT molecular complexity index is 6530. The van der Waals surface area contributed by atoms with Crippen molar-refractivity contribution in [1.82, 2.24) is 103 Å². The molecule has 18 heterocycles. The average Bonchev–Trinajstić information content (AvgIpc) is 1.57. The number of benzene rings is 4. The summed E-state index contributed by atoms with van der Waals surface area (Å²) in [5.41, 5.74) is 21.1. The quantitative estimate of drug-likeness (QED) is 0.120. The second kappa shape index (κ2) is 34.0. The van der Waals surface area contributed by atoms with Crippen molar-refractivity contribution in [3.8, 4) is 44.5 Å². The lowest BCUT2D eigenvalue weighted by Gasteiger charge is -2.43. The first-order valence-corrected chi connectivity index (χ1v) is 42.4. The predicted molar refractivity (Wildman–Crippen MR) is 475 cm³/mol. The van der Waals surface area contributed by atoms with Gasteiger partial charge in [0.25, 0.3) is 0 Å². The number of hydrogen-bond donors (Lipinski definition) is 1. The smallest absolute Gasteiger partial charge is 0.162 e. The summed E-state index contributed by atoms with van der Waals surface area (Å²) in [6.07, 6.45) is 34.5. The molecule has 6 fully saturated rings. The Morgan fingerprint density at radius 1 is 0.361 bits per heavy atom. The number of para-hydroxylation sites is 1. The molecule has 6 aliphatic rings. The van der Waals surface area contributed by atoms with Crippen molar-refractivity contribution in [2.24, 2.45) is 0 Å². The van der Waals surface area contributed by atoms with Crippen molar-refractivity contribution >= 4 is 88.9 Å². The van der Waals surface area contributed by atoms with Crippen molar-refractivity contribution in [3.05, 3.63) is 218 Å². The number of rotatable bonds is 12. The summed E-state index contributed by atoms with van der Waals surface area (Å²) in [5.74, 6) is -0.732. The first kappa shape index (κ1) is 79.5. The zero-order valence-electron chi connectivity index (χ0n) is 70.2. The Morgan fingerprint density at radius 2 is 0.754 bits per heavy atom. The maximum absolute atomic E-state index is 14.1.